The van der Waals surface area contributed by atoms with Crippen molar-refractivity contribution in [3.8, 4) is 11.3 Å². The second-order valence-corrected chi connectivity index (χ2v) is 7.17. The van der Waals surface area contributed by atoms with Crippen molar-refractivity contribution in [2.24, 2.45) is 0 Å². The normalized spacial score (nSPS) is 15.6. The van der Waals surface area contributed by atoms with Gasteiger partial charge in [0, 0.05) is 35.1 Å². The van der Waals surface area contributed by atoms with Gasteiger partial charge < -0.3 is 4.90 Å². The van der Waals surface area contributed by atoms with Crippen molar-refractivity contribution < 1.29 is 4.79 Å². The summed E-state index contributed by atoms with van der Waals surface area (Å²) in [7, 11) is 0. The zero-order chi connectivity index (χ0) is 19.1. The van der Waals surface area contributed by atoms with Crippen molar-refractivity contribution in [2.45, 2.75) is 19.4 Å². The van der Waals surface area contributed by atoms with Gasteiger partial charge in [-0.1, -0.05) is 36.4 Å². The van der Waals surface area contributed by atoms with Crippen molar-refractivity contribution in [2.75, 3.05) is 4.90 Å². The number of benzene rings is 2. The first kappa shape index (κ1) is 16.6. The molecule has 0 fully saturated rings. The van der Waals surface area contributed by atoms with E-state index in [4.69, 9.17) is 4.98 Å². The highest BCUT2D eigenvalue weighted by atomic mass is 16.2. The van der Waals surface area contributed by atoms with Crippen LogP contribution < -0.4 is 4.90 Å². The van der Waals surface area contributed by atoms with Crippen LogP contribution in [0.25, 0.3) is 22.2 Å². The van der Waals surface area contributed by atoms with Crippen molar-refractivity contribution in [3.63, 3.8) is 0 Å². The third-order valence-electron chi connectivity index (χ3n) is 5.35. The maximum atomic E-state index is 13.7. The number of nitrogens with zero attached hydrogens (tertiary/aromatic N) is 3. The molecule has 4 heteroatoms. The molecule has 136 valence electrons. The molecule has 5 rings (SSSR count). The second-order valence-electron chi connectivity index (χ2n) is 7.17. The number of pyridine rings is 2. The molecule has 0 bridgehead atoms. The number of hydrogen-bond donors (Lipinski definition) is 0. The van der Waals surface area contributed by atoms with Crippen LogP contribution in [0.3, 0.4) is 0 Å². The van der Waals surface area contributed by atoms with Gasteiger partial charge in [-0.25, -0.2) is 4.98 Å². The topological polar surface area (TPSA) is 46.1 Å². The Morgan fingerprint density at radius 3 is 2.61 bits per heavy atom. The maximum Gasteiger partial charge on any atom is 0.259 e. The van der Waals surface area contributed by atoms with E-state index in [1.165, 1.54) is 5.56 Å². The second kappa shape index (κ2) is 6.57. The summed E-state index contributed by atoms with van der Waals surface area (Å²) in [6.07, 6.45) is 4.36. The number of aromatic nitrogens is 2. The molecule has 1 aliphatic rings. The molecule has 1 amide bonds. The minimum absolute atomic E-state index is 0.0198. The standard InChI is InChI=1S/C24H19N3O/c1-16-14-18-6-2-5-9-23(18)27(16)24(28)20-15-22(17-10-12-25-13-11-17)26-21-8-4-3-7-19(20)21/h2-13,15-16H,14H2,1H3/t16-/m0/s1. The number of carbonyl (C=O) groups is 1. The van der Waals surface area contributed by atoms with Crippen molar-refractivity contribution in [1.82, 2.24) is 9.97 Å². The number of carbonyl (C=O) groups excluding carboxylic acids is 1. The van der Waals surface area contributed by atoms with E-state index in [1.54, 1.807) is 12.4 Å². The van der Waals surface area contributed by atoms with E-state index in [-0.39, 0.29) is 11.9 Å². The van der Waals surface area contributed by atoms with Crippen LogP contribution in [-0.4, -0.2) is 21.9 Å². The van der Waals surface area contributed by atoms with Crippen molar-refractivity contribution in [1.29, 1.82) is 0 Å². The third-order valence-corrected chi connectivity index (χ3v) is 5.35. The van der Waals surface area contributed by atoms with Crippen LogP contribution in [0.15, 0.2) is 79.1 Å². The summed E-state index contributed by atoms with van der Waals surface area (Å²) in [4.78, 5) is 24.5. The molecule has 0 saturated heterocycles. The molecule has 0 spiro atoms. The Morgan fingerprint density at radius 1 is 1.00 bits per heavy atom. The minimum Gasteiger partial charge on any atom is -0.305 e. The summed E-state index contributed by atoms with van der Waals surface area (Å²) in [5.74, 6) is 0.0198. The predicted octanol–water partition coefficient (Wildman–Crippen LogP) is 4.89. The lowest BCUT2D eigenvalue weighted by Gasteiger charge is -2.24. The number of hydrogen-bond acceptors (Lipinski definition) is 3. The molecule has 28 heavy (non-hydrogen) atoms. The molecule has 0 radical (unpaired) electrons. The fourth-order valence-corrected chi connectivity index (χ4v) is 4.03. The van der Waals surface area contributed by atoms with Crippen LogP contribution in [0.2, 0.25) is 0 Å². The molecule has 0 unspecified atom stereocenters. The lowest BCUT2D eigenvalue weighted by Crippen LogP contribution is -2.35. The van der Waals surface area contributed by atoms with Crippen molar-refractivity contribution >= 4 is 22.5 Å². The molecule has 3 heterocycles. The molecule has 1 atom stereocenters. The Labute approximate surface area is 163 Å². The highest BCUT2D eigenvalue weighted by Gasteiger charge is 2.32. The van der Waals surface area contributed by atoms with Gasteiger partial charge in [-0.3, -0.25) is 9.78 Å². The van der Waals surface area contributed by atoms with E-state index >= 15 is 0 Å². The number of anilines is 1. The van der Waals surface area contributed by atoms with Crippen LogP contribution in [-0.2, 0) is 6.42 Å². The maximum absolute atomic E-state index is 13.7. The lowest BCUT2D eigenvalue weighted by molar-refractivity contribution is 0.0983. The van der Waals surface area contributed by atoms with E-state index in [0.29, 0.717) is 5.56 Å². The van der Waals surface area contributed by atoms with Crippen molar-refractivity contribution in [3.05, 3.63) is 90.3 Å². The van der Waals surface area contributed by atoms with Gasteiger partial charge in [-0.2, -0.15) is 0 Å². The Bertz CT molecular complexity index is 1190. The van der Waals surface area contributed by atoms with E-state index in [2.05, 4.69) is 18.0 Å². The van der Waals surface area contributed by atoms with Gasteiger partial charge in [0.1, 0.15) is 0 Å². The highest BCUT2D eigenvalue weighted by molar-refractivity contribution is 6.15. The number of rotatable bonds is 2. The molecule has 0 aliphatic carbocycles. The summed E-state index contributed by atoms with van der Waals surface area (Å²) in [6, 6.07) is 21.9. The van der Waals surface area contributed by atoms with Crippen LogP contribution >= 0.6 is 0 Å². The first-order valence-electron chi connectivity index (χ1n) is 9.44. The summed E-state index contributed by atoms with van der Waals surface area (Å²) in [6.45, 7) is 2.10. The van der Waals surface area contributed by atoms with Crippen LogP contribution in [0, 0.1) is 0 Å². The summed E-state index contributed by atoms with van der Waals surface area (Å²) >= 11 is 0. The molecule has 2 aromatic heterocycles. The number of amides is 1. The zero-order valence-electron chi connectivity index (χ0n) is 15.5. The first-order chi connectivity index (χ1) is 13.7. The number of fused-ring (bicyclic) bond motifs is 2. The largest absolute Gasteiger partial charge is 0.305 e. The average Bonchev–Trinajstić information content (AvgIpc) is 3.08. The van der Waals surface area contributed by atoms with Crippen LogP contribution in [0.1, 0.15) is 22.8 Å². The minimum atomic E-state index is 0.0198. The molecule has 4 nitrogen and oxygen atoms in total. The summed E-state index contributed by atoms with van der Waals surface area (Å²) in [5.41, 5.74) is 5.46. The van der Waals surface area contributed by atoms with Crippen LogP contribution in [0.5, 0.6) is 0 Å². The van der Waals surface area contributed by atoms with Gasteiger partial charge >= 0.3 is 0 Å². The Hall–Kier alpha value is -3.53. The smallest absolute Gasteiger partial charge is 0.259 e. The molecular formula is C24H19N3O. The van der Waals surface area contributed by atoms with Gasteiger partial charge in [0.2, 0.25) is 0 Å². The van der Waals surface area contributed by atoms with Gasteiger partial charge in [0.05, 0.1) is 16.8 Å². The Morgan fingerprint density at radius 2 is 1.75 bits per heavy atom. The summed E-state index contributed by atoms with van der Waals surface area (Å²) in [5, 5.41) is 0.877. The lowest BCUT2D eigenvalue weighted by atomic mass is 10.0. The van der Waals surface area contributed by atoms with Gasteiger partial charge in [-0.15, -0.1) is 0 Å². The first-order valence-corrected chi connectivity index (χ1v) is 9.44. The monoisotopic (exact) mass is 365 g/mol. The van der Waals surface area contributed by atoms with E-state index in [9.17, 15) is 4.79 Å². The third kappa shape index (κ3) is 2.65. The SMILES string of the molecule is C[C@H]1Cc2ccccc2N1C(=O)c1cc(-c2ccncc2)nc2ccccc12. The molecule has 0 saturated carbocycles. The average molecular weight is 365 g/mol. The molecule has 1 aliphatic heterocycles. The van der Waals surface area contributed by atoms with Gasteiger partial charge in [0.15, 0.2) is 0 Å². The fourth-order valence-electron chi connectivity index (χ4n) is 4.03. The summed E-state index contributed by atoms with van der Waals surface area (Å²) < 4.78 is 0. The zero-order valence-corrected chi connectivity index (χ0v) is 15.5. The van der Waals surface area contributed by atoms with Gasteiger partial charge in [-0.05, 0) is 49.2 Å². The Kier molecular flexibility index (Phi) is 3.90. The quantitative estimate of drug-likeness (QED) is 0.508. The molecule has 0 N–H and O–H groups in total. The fraction of sp³-hybridized carbons (Fsp3) is 0.125. The molecule has 4 aromatic rings. The van der Waals surface area contributed by atoms with Crippen LogP contribution in [0.4, 0.5) is 5.69 Å². The molecular weight excluding hydrogens is 346 g/mol. The predicted molar refractivity (Wildman–Crippen MR) is 111 cm³/mol. The molecule has 2 aromatic carbocycles. The highest BCUT2D eigenvalue weighted by Crippen LogP contribution is 2.35. The van der Waals surface area contributed by atoms with E-state index in [1.807, 2.05) is 65.6 Å². The Balaban J connectivity index is 1.69. The van der Waals surface area contributed by atoms with E-state index < -0.39 is 0 Å². The van der Waals surface area contributed by atoms with E-state index in [0.717, 1.165) is 34.3 Å². The van der Waals surface area contributed by atoms with Gasteiger partial charge in [0.25, 0.3) is 5.91 Å². The number of para-hydroxylation sites is 2.